The van der Waals surface area contributed by atoms with Gasteiger partial charge in [0.1, 0.15) is 5.75 Å². The van der Waals surface area contributed by atoms with Gasteiger partial charge in [0.2, 0.25) is 5.91 Å². The van der Waals surface area contributed by atoms with Gasteiger partial charge in [-0.3, -0.25) is 4.79 Å². The van der Waals surface area contributed by atoms with Gasteiger partial charge < -0.3 is 9.64 Å². The van der Waals surface area contributed by atoms with Gasteiger partial charge in [-0.15, -0.1) is 0 Å². The molecule has 0 atom stereocenters. The maximum atomic E-state index is 11.3. The molecule has 0 bridgehead atoms. The van der Waals surface area contributed by atoms with Gasteiger partial charge >= 0.3 is 0 Å². The van der Waals surface area contributed by atoms with Crippen molar-refractivity contribution >= 4 is 5.91 Å². The van der Waals surface area contributed by atoms with Crippen molar-refractivity contribution in [3.05, 3.63) is 28.3 Å². The van der Waals surface area contributed by atoms with Crippen LogP contribution < -0.4 is 4.74 Å². The molecule has 3 heteroatoms. The summed E-state index contributed by atoms with van der Waals surface area (Å²) in [5, 5.41) is 0. The van der Waals surface area contributed by atoms with E-state index in [1.165, 1.54) is 11.1 Å². The number of ether oxygens (including phenoxy) is 1. The molecule has 0 aliphatic rings. The van der Waals surface area contributed by atoms with E-state index in [9.17, 15) is 4.79 Å². The lowest BCUT2D eigenvalue weighted by atomic mass is 9.97. The van der Waals surface area contributed by atoms with Crippen molar-refractivity contribution in [1.29, 1.82) is 0 Å². The quantitative estimate of drug-likeness (QED) is 0.806. The second kappa shape index (κ2) is 5.21. The van der Waals surface area contributed by atoms with Gasteiger partial charge in [0, 0.05) is 20.5 Å². The standard InChI is InChI=1S/C14H21NO2/c1-9-7-14(17-6)11(3)10(2)13(9)8-15(5)12(4)16/h7H,8H2,1-6H3. The van der Waals surface area contributed by atoms with Gasteiger partial charge in [0.25, 0.3) is 0 Å². The first-order chi connectivity index (χ1) is 7.88. The molecule has 0 saturated heterocycles. The fraction of sp³-hybridized carbons (Fsp3) is 0.500. The van der Waals surface area contributed by atoms with E-state index in [-0.39, 0.29) is 5.91 Å². The van der Waals surface area contributed by atoms with Crippen molar-refractivity contribution in [2.24, 2.45) is 0 Å². The van der Waals surface area contributed by atoms with Crippen LogP contribution >= 0.6 is 0 Å². The molecule has 0 aliphatic carbocycles. The Bertz CT molecular complexity index is 438. The van der Waals surface area contributed by atoms with Gasteiger partial charge in [-0.25, -0.2) is 0 Å². The molecule has 1 aromatic rings. The summed E-state index contributed by atoms with van der Waals surface area (Å²) in [6, 6.07) is 2.03. The fourth-order valence-corrected chi connectivity index (χ4v) is 1.90. The van der Waals surface area contributed by atoms with Crippen molar-refractivity contribution in [2.75, 3.05) is 14.2 Å². The van der Waals surface area contributed by atoms with Gasteiger partial charge in [-0.1, -0.05) is 0 Å². The van der Waals surface area contributed by atoms with Crippen molar-refractivity contribution in [1.82, 2.24) is 4.90 Å². The largest absolute Gasteiger partial charge is 0.496 e. The molecule has 0 spiro atoms. The summed E-state index contributed by atoms with van der Waals surface area (Å²) in [4.78, 5) is 13.0. The maximum absolute atomic E-state index is 11.3. The Morgan fingerprint density at radius 3 is 2.35 bits per heavy atom. The summed E-state index contributed by atoms with van der Waals surface area (Å²) in [5.41, 5.74) is 4.72. The maximum Gasteiger partial charge on any atom is 0.219 e. The van der Waals surface area contributed by atoms with E-state index in [1.54, 1.807) is 18.9 Å². The summed E-state index contributed by atoms with van der Waals surface area (Å²) >= 11 is 0. The Kier molecular flexibility index (Phi) is 4.16. The van der Waals surface area contributed by atoms with Crippen LogP contribution in [0.5, 0.6) is 5.75 Å². The van der Waals surface area contributed by atoms with E-state index in [0.29, 0.717) is 6.54 Å². The number of nitrogens with zero attached hydrogens (tertiary/aromatic N) is 1. The average Bonchev–Trinajstić information content (AvgIpc) is 2.28. The zero-order valence-corrected chi connectivity index (χ0v) is 11.5. The first-order valence-corrected chi connectivity index (χ1v) is 5.73. The molecule has 1 aromatic carbocycles. The highest BCUT2D eigenvalue weighted by atomic mass is 16.5. The van der Waals surface area contributed by atoms with Crippen molar-refractivity contribution < 1.29 is 9.53 Å². The number of methoxy groups -OCH3 is 1. The van der Waals surface area contributed by atoms with Crippen LogP contribution in [0.1, 0.15) is 29.2 Å². The number of benzene rings is 1. The Morgan fingerprint density at radius 2 is 1.88 bits per heavy atom. The second-order valence-corrected chi connectivity index (χ2v) is 4.50. The average molecular weight is 235 g/mol. The van der Waals surface area contributed by atoms with Gasteiger partial charge in [0.15, 0.2) is 0 Å². The highest BCUT2D eigenvalue weighted by Crippen LogP contribution is 2.28. The minimum atomic E-state index is 0.0808. The second-order valence-electron chi connectivity index (χ2n) is 4.50. The number of carbonyl (C=O) groups is 1. The van der Waals surface area contributed by atoms with E-state index in [1.807, 2.05) is 20.0 Å². The van der Waals surface area contributed by atoms with Gasteiger partial charge in [-0.05, 0) is 49.1 Å². The molecule has 0 aliphatic heterocycles. The number of hydrogen-bond donors (Lipinski definition) is 0. The Balaban J connectivity index is 3.17. The third-order valence-electron chi connectivity index (χ3n) is 3.36. The number of hydrogen-bond acceptors (Lipinski definition) is 2. The highest BCUT2D eigenvalue weighted by Gasteiger charge is 2.13. The molecule has 3 nitrogen and oxygen atoms in total. The molecule has 0 N–H and O–H groups in total. The van der Waals surface area contributed by atoms with E-state index < -0.39 is 0 Å². The number of amides is 1. The molecule has 94 valence electrons. The minimum Gasteiger partial charge on any atom is -0.496 e. The molecule has 0 unspecified atom stereocenters. The van der Waals surface area contributed by atoms with Gasteiger partial charge in [0.05, 0.1) is 7.11 Å². The highest BCUT2D eigenvalue weighted by molar-refractivity contribution is 5.73. The first kappa shape index (κ1) is 13.6. The molecular weight excluding hydrogens is 214 g/mol. The molecule has 0 fully saturated rings. The molecule has 0 aromatic heterocycles. The molecule has 1 amide bonds. The Labute approximate surface area is 103 Å². The fourth-order valence-electron chi connectivity index (χ4n) is 1.90. The van der Waals surface area contributed by atoms with Crippen LogP contribution in [-0.4, -0.2) is 25.0 Å². The van der Waals surface area contributed by atoms with E-state index in [4.69, 9.17) is 4.74 Å². The lowest BCUT2D eigenvalue weighted by molar-refractivity contribution is -0.128. The lowest BCUT2D eigenvalue weighted by Crippen LogP contribution is -2.24. The number of aryl methyl sites for hydroxylation is 1. The third kappa shape index (κ3) is 2.78. The van der Waals surface area contributed by atoms with E-state index in [0.717, 1.165) is 16.9 Å². The van der Waals surface area contributed by atoms with Gasteiger partial charge in [-0.2, -0.15) is 0 Å². The lowest BCUT2D eigenvalue weighted by Gasteiger charge is -2.21. The first-order valence-electron chi connectivity index (χ1n) is 5.73. The molecular formula is C14H21NO2. The SMILES string of the molecule is COc1cc(C)c(CN(C)C(C)=O)c(C)c1C. The summed E-state index contributed by atoms with van der Waals surface area (Å²) in [5.74, 6) is 0.992. The normalized spacial score (nSPS) is 10.2. The van der Waals surface area contributed by atoms with E-state index >= 15 is 0 Å². The zero-order chi connectivity index (χ0) is 13.2. The van der Waals surface area contributed by atoms with Crippen molar-refractivity contribution in [3.8, 4) is 5.75 Å². The Morgan fingerprint density at radius 1 is 1.29 bits per heavy atom. The summed E-state index contributed by atoms with van der Waals surface area (Å²) in [6.45, 7) is 8.41. The van der Waals surface area contributed by atoms with Crippen LogP contribution in [0.2, 0.25) is 0 Å². The topological polar surface area (TPSA) is 29.5 Å². The number of carbonyl (C=O) groups excluding carboxylic acids is 1. The van der Waals surface area contributed by atoms with E-state index in [2.05, 4.69) is 13.8 Å². The van der Waals surface area contributed by atoms with Crippen LogP contribution in [0, 0.1) is 20.8 Å². The zero-order valence-electron chi connectivity index (χ0n) is 11.5. The molecule has 0 saturated carbocycles. The van der Waals surface area contributed by atoms with Crippen molar-refractivity contribution in [3.63, 3.8) is 0 Å². The summed E-state index contributed by atoms with van der Waals surface area (Å²) in [7, 11) is 3.50. The monoisotopic (exact) mass is 235 g/mol. The predicted octanol–water partition coefficient (Wildman–Crippen LogP) is 2.60. The molecule has 0 heterocycles. The summed E-state index contributed by atoms with van der Waals surface area (Å²) in [6.07, 6.45) is 0. The third-order valence-corrected chi connectivity index (χ3v) is 3.36. The number of rotatable bonds is 3. The predicted molar refractivity (Wildman–Crippen MR) is 69.4 cm³/mol. The van der Waals surface area contributed by atoms with Crippen LogP contribution in [0.25, 0.3) is 0 Å². The van der Waals surface area contributed by atoms with Crippen molar-refractivity contribution in [2.45, 2.75) is 34.2 Å². The molecule has 1 rings (SSSR count). The van der Waals surface area contributed by atoms with Crippen LogP contribution in [0.3, 0.4) is 0 Å². The molecule has 17 heavy (non-hydrogen) atoms. The van der Waals surface area contributed by atoms with Crippen LogP contribution in [0.15, 0.2) is 6.07 Å². The Hall–Kier alpha value is -1.51. The minimum absolute atomic E-state index is 0.0808. The van der Waals surface area contributed by atoms with Crippen LogP contribution in [-0.2, 0) is 11.3 Å². The summed E-state index contributed by atoms with van der Waals surface area (Å²) < 4.78 is 5.33. The molecule has 0 radical (unpaired) electrons. The smallest absolute Gasteiger partial charge is 0.219 e. The van der Waals surface area contributed by atoms with Crippen LogP contribution in [0.4, 0.5) is 0 Å².